The molecule has 10 heteroatoms. The van der Waals surface area contributed by atoms with Gasteiger partial charge in [0.2, 0.25) is 0 Å². The van der Waals surface area contributed by atoms with Crippen LogP contribution in [0, 0.1) is 6.92 Å². The molecule has 1 atom stereocenters. The van der Waals surface area contributed by atoms with Crippen LogP contribution in [0.3, 0.4) is 0 Å². The minimum absolute atomic E-state index is 0.171. The van der Waals surface area contributed by atoms with Crippen LogP contribution >= 0.6 is 0 Å². The van der Waals surface area contributed by atoms with Crippen molar-refractivity contribution in [2.45, 2.75) is 30.5 Å². The van der Waals surface area contributed by atoms with Crippen molar-refractivity contribution in [3.05, 3.63) is 47.8 Å². The topological polar surface area (TPSA) is 105 Å². The number of ether oxygens (including phenoxy) is 5. The summed E-state index contributed by atoms with van der Waals surface area (Å²) in [6.45, 7) is 6.64. The maximum Gasteiger partial charge on any atom is 0.200 e. The Balaban J connectivity index is 1.42. The maximum atomic E-state index is 12.9. The first-order valence-electron chi connectivity index (χ1n) is 10.9. The van der Waals surface area contributed by atoms with E-state index in [-0.39, 0.29) is 12.4 Å². The molecule has 1 fully saturated rings. The van der Waals surface area contributed by atoms with E-state index in [0.29, 0.717) is 56.2 Å². The first-order valence-corrected chi connectivity index (χ1v) is 12.2. The SMILES string of the molecule is Cc1c(OCC2(C)OCCOCCOCCO2)ccnc1CS(=O)c1nc2ccccc2[nH]1. The smallest absolute Gasteiger partial charge is 0.200 e. The van der Waals surface area contributed by atoms with Crippen molar-refractivity contribution in [2.24, 2.45) is 0 Å². The van der Waals surface area contributed by atoms with Crippen LogP contribution < -0.4 is 4.74 Å². The largest absolute Gasteiger partial charge is 0.488 e. The lowest BCUT2D eigenvalue weighted by Gasteiger charge is -2.30. The summed E-state index contributed by atoms with van der Waals surface area (Å²) >= 11 is 0. The molecule has 1 aliphatic heterocycles. The summed E-state index contributed by atoms with van der Waals surface area (Å²) in [7, 11) is -1.37. The van der Waals surface area contributed by atoms with E-state index in [2.05, 4.69) is 15.0 Å². The molecule has 9 nitrogen and oxygen atoms in total. The molecule has 0 aliphatic carbocycles. The number of aromatic amines is 1. The average Bonchev–Trinajstić information content (AvgIpc) is 3.23. The quantitative estimate of drug-likeness (QED) is 0.580. The Morgan fingerprint density at radius 1 is 1.06 bits per heavy atom. The van der Waals surface area contributed by atoms with Crippen molar-refractivity contribution in [3.63, 3.8) is 0 Å². The number of aromatic nitrogens is 3. The maximum absolute atomic E-state index is 12.9. The average molecular weight is 476 g/mol. The minimum Gasteiger partial charge on any atom is -0.488 e. The standard InChI is InChI=1S/C23H29N3O6S/c1-17-20(15-33(27)22-25-18-5-3-4-6-19(18)26-22)24-8-7-21(17)30-16-23(2)31-13-11-28-9-10-29-12-14-32-23/h3-8H,9-16H2,1-2H3,(H,25,26). The number of para-hydroxylation sites is 2. The summed E-state index contributed by atoms with van der Waals surface area (Å²) in [4.78, 5) is 12.0. The van der Waals surface area contributed by atoms with E-state index in [9.17, 15) is 4.21 Å². The molecule has 0 radical (unpaired) electrons. The first kappa shape index (κ1) is 23.8. The number of nitrogens with one attached hydrogen (secondary N) is 1. The molecule has 3 heterocycles. The molecule has 1 N–H and O–H groups in total. The third-order valence-corrected chi connectivity index (χ3v) is 6.40. The molecule has 1 aliphatic rings. The Morgan fingerprint density at radius 3 is 2.48 bits per heavy atom. The Bertz CT molecular complexity index is 1040. The van der Waals surface area contributed by atoms with Gasteiger partial charge in [0, 0.05) is 11.8 Å². The summed E-state index contributed by atoms with van der Waals surface area (Å²) in [5.74, 6) is -0.0944. The zero-order valence-electron chi connectivity index (χ0n) is 18.9. The lowest BCUT2D eigenvalue weighted by molar-refractivity contribution is -0.244. The van der Waals surface area contributed by atoms with Crippen LogP contribution in [0.5, 0.6) is 5.75 Å². The van der Waals surface area contributed by atoms with Crippen molar-refractivity contribution in [2.75, 3.05) is 46.2 Å². The molecule has 0 spiro atoms. The molecule has 0 amide bonds. The fraction of sp³-hybridized carbons (Fsp3) is 0.478. The molecule has 3 aromatic rings. The van der Waals surface area contributed by atoms with Gasteiger partial charge in [-0.15, -0.1) is 0 Å². The van der Waals surface area contributed by atoms with Gasteiger partial charge in [0.25, 0.3) is 0 Å². The van der Waals surface area contributed by atoms with Gasteiger partial charge < -0.3 is 28.7 Å². The number of hydrogen-bond donors (Lipinski definition) is 1. The van der Waals surface area contributed by atoms with Crippen LogP contribution in [0.2, 0.25) is 0 Å². The Morgan fingerprint density at radius 2 is 1.76 bits per heavy atom. The highest BCUT2D eigenvalue weighted by molar-refractivity contribution is 7.84. The summed E-state index contributed by atoms with van der Waals surface area (Å²) in [6.07, 6.45) is 1.65. The van der Waals surface area contributed by atoms with E-state index in [1.807, 2.05) is 38.1 Å². The third kappa shape index (κ3) is 6.36. The predicted octanol–water partition coefficient (Wildman–Crippen LogP) is 2.75. The van der Waals surface area contributed by atoms with Crippen LogP contribution in [-0.2, 0) is 35.5 Å². The zero-order valence-corrected chi connectivity index (χ0v) is 19.7. The monoisotopic (exact) mass is 475 g/mol. The number of imidazole rings is 1. The number of pyridine rings is 1. The predicted molar refractivity (Wildman–Crippen MR) is 123 cm³/mol. The van der Waals surface area contributed by atoms with Crippen LogP contribution in [0.4, 0.5) is 0 Å². The number of fused-ring (bicyclic) bond motifs is 1. The fourth-order valence-electron chi connectivity index (χ4n) is 3.38. The molecule has 2 aromatic heterocycles. The Hall–Kier alpha value is -2.37. The number of H-pyrrole nitrogens is 1. The molecular weight excluding hydrogens is 446 g/mol. The van der Waals surface area contributed by atoms with Crippen molar-refractivity contribution in [3.8, 4) is 5.75 Å². The van der Waals surface area contributed by atoms with Gasteiger partial charge in [0.05, 0.1) is 72.9 Å². The number of benzene rings is 1. The van der Waals surface area contributed by atoms with Gasteiger partial charge in [0.15, 0.2) is 10.9 Å². The van der Waals surface area contributed by atoms with Gasteiger partial charge >= 0.3 is 0 Å². The molecule has 1 saturated heterocycles. The Kier molecular flexibility index (Phi) is 8.05. The lowest BCUT2D eigenvalue weighted by atomic mass is 10.2. The summed E-state index contributed by atoms with van der Waals surface area (Å²) < 4.78 is 41.7. The molecule has 1 unspecified atom stereocenters. The second-order valence-electron chi connectivity index (χ2n) is 7.77. The first-order chi connectivity index (χ1) is 16.0. The van der Waals surface area contributed by atoms with Gasteiger partial charge in [-0.05, 0) is 32.0 Å². The number of hydrogen-bond acceptors (Lipinski definition) is 8. The summed E-state index contributed by atoms with van der Waals surface area (Å²) in [5.41, 5.74) is 3.14. The van der Waals surface area contributed by atoms with Crippen molar-refractivity contribution < 1.29 is 27.9 Å². The van der Waals surface area contributed by atoms with Crippen LogP contribution in [-0.4, -0.2) is 71.2 Å². The van der Waals surface area contributed by atoms with Crippen molar-refractivity contribution in [1.82, 2.24) is 15.0 Å². The van der Waals surface area contributed by atoms with E-state index in [1.54, 1.807) is 12.3 Å². The van der Waals surface area contributed by atoms with Gasteiger partial charge in [0.1, 0.15) is 12.4 Å². The molecule has 0 bridgehead atoms. The molecule has 0 saturated carbocycles. The molecule has 178 valence electrons. The van der Waals surface area contributed by atoms with Crippen molar-refractivity contribution in [1.29, 1.82) is 0 Å². The van der Waals surface area contributed by atoms with Gasteiger partial charge in [-0.1, -0.05) is 12.1 Å². The second kappa shape index (κ2) is 11.2. The van der Waals surface area contributed by atoms with E-state index in [1.165, 1.54) is 0 Å². The molecule has 33 heavy (non-hydrogen) atoms. The molecular formula is C23H29N3O6S. The highest BCUT2D eigenvalue weighted by Gasteiger charge is 2.28. The third-order valence-electron chi connectivity index (χ3n) is 5.24. The zero-order chi connectivity index (χ0) is 23.1. The summed E-state index contributed by atoms with van der Waals surface area (Å²) in [6, 6.07) is 9.38. The minimum atomic E-state index is -1.37. The van der Waals surface area contributed by atoms with E-state index in [0.717, 1.165) is 16.6 Å². The van der Waals surface area contributed by atoms with E-state index < -0.39 is 16.6 Å². The normalized spacial score (nSPS) is 18.5. The number of nitrogens with zero attached hydrogens (tertiary/aromatic N) is 2. The van der Waals surface area contributed by atoms with Crippen LogP contribution in [0.25, 0.3) is 11.0 Å². The van der Waals surface area contributed by atoms with Gasteiger partial charge in [-0.3, -0.25) is 9.19 Å². The highest BCUT2D eigenvalue weighted by Crippen LogP contribution is 2.24. The fourth-order valence-corrected chi connectivity index (χ4v) is 4.48. The number of rotatable bonds is 6. The lowest BCUT2D eigenvalue weighted by Crippen LogP contribution is -2.40. The van der Waals surface area contributed by atoms with E-state index in [4.69, 9.17) is 23.7 Å². The van der Waals surface area contributed by atoms with E-state index >= 15 is 0 Å². The van der Waals surface area contributed by atoms with Crippen LogP contribution in [0.1, 0.15) is 18.2 Å². The molecule has 1 aromatic carbocycles. The van der Waals surface area contributed by atoms with Crippen molar-refractivity contribution >= 4 is 21.8 Å². The van der Waals surface area contributed by atoms with Gasteiger partial charge in [-0.25, -0.2) is 4.98 Å². The second-order valence-corrected chi connectivity index (χ2v) is 9.14. The summed E-state index contributed by atoms with van der Waals surface area (Å²) in [5, 5.41) is 0.430. The molecule has 4 rings (SSSR count). The highest BCUT2D eigenvalue weighted by atomic mass is 32.2. The van der Waals surface area contributed by atoms with Gasteiger partial charge in [-0.2, -0.15) is 0 Å². The Labute approximate surface area is 195 Å². The van der Waals surface area contributed by atoms with Crippen LogP contribution in [0.15, 0.2) is 41.7 Å².